The third kappa shape index (κ3) is 6.97. The van der Waals surface area contributed by atoms with E-state index in [-0.39, 0.29) is 6.04 Å². The summed E-state index contributed by atoms with van der Waals surface area (Å²) in [7, 11) is 0. The van der Waals surface area contributed by atoms with Crippen LogP contribution in [0.1, 0.15) is 87.4 Å². The van der Waals surface area contributed by atoms with E-state index in [1.54, 1.807) is 0 Å². The molecule has 1 aromatic carbocycles. The van der Waals surface area contributed by atoms with Crippen molar-refractivity contribution in [3.05, 3.63) is 33.3 Å². The van der Waals surface area contributed by atoms with Gasteiger partial charge in [-0.1, -0.05) is 86.4 Å². The van der Waals surface area contributed by atoms with Gasteiger partial charge in [-0.15, -0.1) is 0 Å². The second kappa shape index (κ2) is 10.4. The molecule has 0 saturated carbocycles. The average molecular weight is 354 g/mol. The Balaban J connectivity index is 2.23. The first kappa shape index (κ1) is 18.7. The van der Waals surface area contributed by atoms with Crippen LogP contribution in [0.5, 0.6) is 0 Å². The molecule has 0 aliphatic heterocycles. The van der Waals surface area contributed by atoms with Crippen molar-refractivity contribution in [1.82, 2.24) is 0 Å². The standard InChI is InChI=1S/C19H32BrN/c1-4-5-6-7-8-9-10-11-12-18(21)17-13-15(2)19(20)16(3)14-17/h13-14,18H,4-12,21H2,1-3H3. The Morgan fingerprint density at radius 2 is 1.38 bits per heavy atom. The van der Waals surface area contributed by atoms with Gasteiger partial charge in [0.15, 0.2) is 0 Å². The Labute approximate surface area is 139 Å². The zero-order chi connectivity index (χ0) is 15.7. The van der Waals surface area contributed by atoms with Gasteiger partial charge in [0.1, 0.15) is 0 Å². The molecule has 0 aliphatic rings. The second-order valence-electron chi connectivity index (χ2n) is 6.34. The van der Waals surface area contributed by atoms with Gasteiger partial charge in [-0.25, -0.2) is 0 Å². The van der Waals surface area contributed by atoms with Crippen LogP contribution < -0.4 is 5.73 Å². The molecule has 0 aromatic heterocycles. The molecule has 1 nitrogen and oxygen atoms in total. The van der Waals surface area contributed by atoms with Gasteiger partial charge in [0.2, 0.25) is 0 Å². The molecule has 1 rings (SSSR count). The number of hydrogen-bond acceptors (Lipinski definition) is 1. The van der Waals surface area contributed by atoms with Gasteiger partial charge in [-0.3, -0.25) is 0 Å². The van der Waals surface area contributed by atoms with Crippen molar-refractivity contribution in [1.29, 1.82) is 0 Å². The predicted molar refractivity (Wildman–Crippen MR) is 97.8 cm³/mol. The van der Waals surface area contributed by atoms with E-state index in [2.05, 4.69) is 48.8 Å². The van der Waals surface area contributed by atoms with Crippen LogP contribution in [0.15, 0.2) is 16.6 Å². The molecule has 1 aromatic rings. The zero-order valence-corrected chi connectivity index (χ0v) is 15.6. The molecule has 120 valence electrons. The van der Waals surface area contributed by atoms with Crippen LogP contribution in [0.3, 0.4) is 0 Å². The van der Waals surface area contributed by atoms with Gasteiger partial charge in [0.25, 0.3) is 0 Å². The molecule has 0 amide bonds. The van der Waals surface area contributed by atoms with Gasteiger partial charge in [-0.05, 0) is 37.0 Å². The summed E-state index contributed by atoms with van der Waals surface area (Å²) in [4.78, 5) is 0. The summed E-state index contributed by atoms with van der Waals surface area (Å²) in [6.07, 6.45) is 12.0. The van der Waals surface area contributed by atoms with E-state index in [0.29, 0.717) is 0 Å². The van der Waals surface area contributed by atoms with Gasteiger partial charge >= 0.3 is 0 Å². The van der Waals surface area contributed by atoms with Crippen LogP contribution >= 0.6 is 15.9 Å². The highest BCUT2D eigenvalue weighted by molar-refractivity contribution is 9.10. The molecule has 0 saturated heterocycles. The number of aryl methyl sites for hydroxylation is 2. The molecule has 0 fully saturated rings. The molecule has 0 bridgehead atoms. The minimum absolute atomic E-state index is 0.190. The molecule has 0 spiro atoms. The van der Waals surface area contributed by atoms with Gasteiger partial charge in [0.05, 0.1) is 0 Å². The Bertz CT molecular complexity index is 391. The van der Waals surface area contributed by atoms with Crippen molar-refractivity contribution in [2.75, 3.05) is 0 Å². The van der Waals surface area contributed by atoms with Gasteiger partial charge < -0.3 is 5.73 Å². The lowest BCUT2D eigenvalue weighted by atomic mass is 9.97. The van der Waals surface area contributed by atoms with Crippen LogP contribution in [0.4, 0.5) is 0 Å². The van der Waals surface area contributed by atoms with E-state index in [1.165, 1.54) is 72.5 Å². The molecule has 0 heterocycles. The van der Waals surface area contributed by atoms with E-state index >= 15 is 0 Å². The van der Waals surface area contributed by atoms with Crippen molar-refractivity contribution in [2.24, 2.45) is 5.73 Å². The van der Waals surface area contributed by atoms with E-state index in [1.807, 2.05) is 0 Å². The summed E-state index contributed by atoms with van der Waals surface area (Å²) in [6, 6.07) is 4.65. The lowest BCUT2D eigenvalue weighted by molar-refractivity contribution is 0.536. The summed E-state index contributed by atoms with van der Waals surface area (Å²) < 4.78 is 1.21. The summed E-state index contributed by atoms with van der Waals surface area (Å²) in [5.74, 6) is 0. The first-order chi connectivity index (χ1) is 10.1. The zero-order valence-electron chi connectivity index (χ0n) is 14.1. The van der Waals surface area contributed by atoms with Crippen molar-refractivity contribution >= 4 is 15.9 Å². The quantitative estimate of drug-likeness (QED) is 0.471. The molecular weight excluding hydrogens is 322 g/mol. The van der Waals surface area contributed by atoms with Crippen LogP contribution in [0, 0.1) is 13.8 Å². The summed E-state index contributed by atoms with van der Waals surface area (Å²) in [5.41, 5.74) is 10.2. The Morgan fingerprint density at radius 3 is 1.90 bits per heavy atom. The fourth-order valence-electron chi connectivity index (χ4n) is 2.86. The van der Waals surface area contributed by atoms with E-state index < -0.39 is 0 Å². The number of unbranched alkanes of at least 4 members (excludes halogenated alkanes) is 7. The SMILES string of the molecule is CCCCCCCCCCC(N)c1cc(C)c(Br)c(C)c1. The molecular formula is C19H32BrN. The van der Waals surface area contributed by atoms with E-state index in [0.717, 1.165) is 6.42 Å². The van der Waals surface area contributed by atoms with Gasteiger partial charge in [0, 0.05) is 10.5 Å². The van der Waals surface area contributed by atoms with Crippen molar-refractivity contribution < 1.29 is 0 Å². The molecule has 21 heavy (non-hydrogen) atoms. The van der Waals surface area contributed by atoms with Gasteiger partial charge in [-0.2, -0.15) is 0 Å². The normalized spacial score (nSPS) is 12.6. The predicted octanol–water partition coefficient (Wildman–Crippen LogP) is 6.60. The van der Waals surface area contributed by atoms with Crippen molar-refractivity contribution in [3.8, 4) is 0 Å². The third-order valence-electron chi connectivity index (χ3n) is 4.26. The molecule has 2 heteroatoms. The molecule has 0 radical (unpaired) electrons. The molecule has 1 atom stereocenters. The average Bonchev–Trinajstić information content (AvgIpc) is 2.46. The topological polar surface area (TPSA) is 26.0 Å². The minimum atomic E-state index is 0.190. The number of hydrogen-bond donors (Lipinski definition) is 1. The fourth-order valence-corrected chi connectivity index (χ4v) is 3.09. The smallest absolute Gasteiger partial charge is 0.0295 e. The Hall–Kier alpha value is -0.340. The third-order valence-corrected chi connectivity index (χ3v) is 5.51. The maximum absolute atomic E-state index is 6.35. The summed E-state index contributed by atoms with van der Waals surface area (Å²) in [5, 5.41) is 0. The highest BCUT2D eigenvalue weighted by Gasteiger charge is 2.09. The first-order valence-electron chi connectivity index (χ1n) is 8.58. The lowest BCUT2D eigenvalue weighted by Gasteiger charge is -2.15. The van der Waals surface area contributed by atoms with Crippen LogP contribution in [-0.2, 0) is 0 Å². The van der Waals surface area contributed by atoms with Crippen LogP contribution in [-0.4, -0.2) is 0 Å². The Morgan fingerprint density at radius 1 is 0.905 bits per heavy atom. The Kier molecular flexibility index (Phi) is 9.26. The fraction of sp³-hybridized carbons (Fsp3) is 0.684. The number of halogens is 1. The monoisotopic (exact) mass is 353 g/mol. The van der Waals surface area contributed by atoms with Crippen molar-refractivity contribution in [2.45, 2.75) is 84.6 Å². The minimum Gasteiger partial charge on any atom is -0.324 e. The highest BCUT2D eigenvalue weighted by Crippen LogP contribution is 2.26. The summed E-state index contributed by atoms with van der Waals surface area (Å²) >= 11 is 3.62. The van der Waals surface area contributed by atoms with Crippen molar-refractivity contribution in [3.63, 3.8) is 0 Å². The number of rotatable bonds is 10. The number of nitrogens with two attached hydrogens (primary N) is 1. The second-order valence-corrected chi connectivity index (χ2v) is 7.13. The maximum atomic E-state index is 6.35. The summed E-state index contributed by atoms with van der Waals surface area (Å²) in [6.45, 7) is 6.56. The number of benzene rings is 1. The van der Waals surface area contributed by atoms with Crippen LogP contribution in [0.25, 0.3) is 0 Å². The van der Waals surface area contributed by atoms with Crippen LogP contribution in [0.2, 0.25) is 0 Å². The molecule has 1 unspecified atom stereocenters. The lowest BCUT2D eigenvalue weighted by Crippen LogP contribution is -2.10. The largest absolute Gasteiger partial charge is 0.324 e. The van der Waals surface area contributed by atoms with E-state index in [9.17, 15) is 0 Å². The molecule has 0 aliphatic carbocycles. The maximum Gasteiger partial charge on any atom is 0.0295 e. The van der Waals surface area contributed by atoms with E-state index in [4.69, 9.17) is 5.73 Å². The highest BCUT2D eigenvalue weighted by atomic mass is 79.9. The first-order valence-corrected chi connectivity index (χ1v) is 9.37. The molecule has 2 N–H and O–H groups in total.